The Morgan fingerprint density at radius 2 is 1.68 bits per heavy atom. The van der Waals surface area contributed by atoms with Gasteiger partial charge in [-0.25, -0.2) is 0 Å². The van der Waals surface area contributed by atoms with E-state index in [-0.39, 0.29) is 17.1 Å². The van der Waals surface area contributed by atoms with E-state index in [0.29, 0.717) is 23.3 Å². The summed E-state index contributed by atoms with van der Waals surface area (Å²) < 4.78 is 0. The number of halogens is 1. The molecule has 0 saturated carbocycles. The summed E-state index contributed by atoms with van der Waals surface area (Å²) in [6, 6.07) is 25.9. The maximum absolute atomic E-state index is 14.4. The highest BCUT2D eigenvalue weighted by Crippen LogP contribution is 2.57. The molecule has 2 unspecified atom stereocenters. The van der Waals surface area contributed by atoms with Crippen molar-refractivity contribution in [3.63, 3.8) is 0 Å². The molecule has 2 saturated heterocycles. The number of anilines is 2. The standard InChI is InChI=1S/C30H30ClN3O2S/c1-21-28(35)34(25-11-7-10-24(31)19-25)30(37-21)26-12-5-6-13-27(26)33(29(30)36)20-32-16-14-23(15-17-32)18-22-8-3-2-4-9-22/h2-13,19,21,23H,14-18,20H2,1H3. The van der Waals surface area contributed by atoms with Gasteiger partial charge in [0.25, 0.3) is 5.91 Å². The van der Waals surface area contributed by atoms with Crippen molar-refractivity contribution in [3.05, 3.63) is 95.0 Å². The Bertz CT molecular complexity index is 1330. The van der Waals surface area contributed by atoms with Crippen LogP contribution in [0.5, 0.6) is 0 Å². The van der Waals surface area contributed by atoms with Crippen LogP contribution in [0.25, 0.3) is 0 Å². The number of likely N-dealkylation sites (tertiary alicyclic amines) is 1. The number of benzene rings is 3. The first kappa shape index (κ1) is 24.5. The normalized spacial score (nSPS) is 24.3. The van der Waals surface area contributed by atoms with Crippen molar-refractivity contribution in [2.24, 2.45) is 5.92 Å². The molecule has 0 N–H and O–H groups in total. The minimum Gasteiger partial charge on any atom is -0.295 e. The van der Waals surface area contributed by atoms with Crippen LogP contribution in [-0.4, -0.2) is 41.7 Å². The third-order valence-corrected chi connectivity index (χ3v) is 9.52. The van der Waals surface area contributed by atoms with Crippen molar-refractivity contribution in [3.8, 4) is 0 Å². The van der Waals surface area contributed by atoms with Gasteiger partial charge < -0.3 is 0 Å². The van der Waals surface area contributed by atoms with Gasteiger partial charge in [-0.15, -0.1) is 11.8 Å². The number of rotatable bonds is 5. The maximum atomic E-state index is 14.4. The molecule has 2 fully saturated rings. The van der Waals surface area contributed by atoms with E-state index in [1.807, 2.05) is 48.2 Å². The van der Waals surface area contributed by atoms with Gasteiger partial charge >= 0.3 is 0 Å². The summed E-state index contributed by atoms with van der Waals surface area (Å²) in [5.41, 5.74) is 3.81. The Labute approximate surface area is 227 Å². The van der Waals surface area contributed by atoms with E-state index in [2.05, 4.69) is 35.2 Å². The fourth-order valence-corrected chi connectivity index (χ4v) is 7.69. The largest absolute Gasteiger partial charge is 0.295 e. The SMILES string of the molecule is CC1SC2(C(=O)N(CN3CCC(Cc4ccccc4)CC3)c3ccccc32)N(c2cccc(Cl)c2)C1=O. The van der Waals surface area contributed by atoms with Gasteiger partial charge in [-0.3, -0.25) is 24.3 Å². The molecule has 0 aliphatic carbocycles. The highest BCUT2D eigenvalue weighted by atomic mass is 35.5. The number of carbonyl (C=O) groups excluding carboxylic acids is 2. The summed E-state index contributed by atoms with van der Waals surface area (Å²) in [4.78, 5) is 32.7. The molecule has 190 valence electrons. The molecule has 1 spiro atoms. The Balaban J connectivity index is 1.26. The maximum Gasteiger partial charge on any atom is 0.269 e. The molecule has 0 bridgehead atoms. The molecule has 7 heteroatoms. The second kappa shape index (κ2) is 9.82. The Kier molecular flexibility index (Phi) is 6.51. The topological polar surface area (TPSA) is 43.9 Å². The molecule has 5 nitrogen and oxygen atoms in total. The van der Waals surface area contributed by atoms with Gasteiger partial charge in [0, 0.05) is 29.4 Å². The number of hydrogen-bond acceptors (Lipinski definition) is 4. The smallest absolute Gasteiger partial charge is 0.269 e. The third kappa shape index (κ3) is 4.25. The van der Waals surface area contributed by atoms with E-state index in [1.165, 1.54) is 17.3 Å². The summed E-state index contributed by atoms with van der Waals surface area (Å²) in [5, 5.41) is 0.198. The van der Waals surface area contributed by atoms with Crippen LogP contribution in [0.3, 0.4) is 0 Å². The second-order valence-corrected chi connectivity index (χ2v) is 12.2. The van der Waals surface area contributed by atoms with E-state index in [0.717, 1.165) is 43.6 Å². The van der Waals surface area contributed by atoms with Crippen LogP contribution < -0.4 is 9.80 Å². The predicted molar refractivity (Wildman–Crippen MR) is 151 cm³/mol. The monoisotopic (exact) mass is 531 g/mol. The minimum atomic E-state index is -1.12. The average Bonchev–Trinajstić information content (AvgIpc) is 3.31. The van der Waals surface area contributed by atoms with E-state index < -0.39 is 4.87 Å². The van der Waals surface area contributed by atoms with E-state index in [4.69, 9.17) is 11.6 Å². The molecular formula is C30H30ClN3O2S. The van der Waals surface area contributed by atoms with Crippen LogP contribution in [0.15, 0.2) is 78.9 Å². The quantitative estimate of drug-likeness (QED) is 0.410. The van der Waals surface area contributed by atoms with Crippen LogP contribution in [0.1, 0.15) is 30.9 Å². The molecule has 3 aliphatic heterocycles. The second-order valence-electron chi connectivity index (χ2n) is 10.2. The lowest BCUT2D eigenvalue weighted by atomic mass is 9.90. The van der Waals surface area contributed by atoms with Gasteiger partial charge in [0.15, 0.2) is 0 Å². The molecule has 0 radical (unpaired) electrons. The molecule has 3 aromatic carbocycles. The third-order valence-electron chi connectivity index (χ3n) is 7.81. The van der Waals surface area contributed by atoms with Crippen molar-refractivity contribution < 1.29 is 9.59 Å². The predicted octanol–water partition coefficient (Wildman–Crippen LogP) is 5.92. The van der Waals surface area contributed by atoms with Crippen LogP contribution in [-0.2, 0) is 20.9 Å². The number of para-hydroxylation sites is 1. The zero-order valence-corrected chi connectivity index (χ0v) is 22.4. The average molecular weight is 532 g/mol. The number of piperidine rings is 1. The van der Waals surface area contributed by atoms with E-state index in [1.54, 1.807) is 17.0 Å². The van der Waals surface area contributed by atoms with E-state index >= 15 is 0 Å². The number of nitrogens with zero attached hydrogens (tertiary/aromatic N) is 3. The Morgan fingerprint density at radius 1 is 0.946 bits per heavy atom. The molecule has 3 aromatic rings. The summed E-state index contributed by atoms with van der Waals surface area (Å²) in [7, 11) is 0. The van der Waals surface area contributed by atoms with Crippen LogP contribution in [0.2, 0.25) is 5.02 Å². The van der Waals surface area contributed by atoms with Crippen molar-refractivity contribution in [1.82, 2.24) is 4.90 Å². The molecule has 3 heterocycles. The van der Waals surface area contributed by atoms with E-state index in [9.17, 15) is 9.59 Å². The first-order valence-corrected chi connectivity index (χ1v) is 14.2. The molecule has 2 amide bonds. The fraction of sp³-hybridized carbons (Fsp3) is 0.333. The molecule has 37 heavy (non-hydrogen) atoms. The molecule has 0 aromatic heterocycles. The Morgan fingerprint density at radius 3 is 2.43 bits per heavy atom. The van der Waals surface area contributed by atoms with Crippen LogP contribution in [0.4, 0.5) is 11.4 Å². The lowest BCUT2D eigenvalue weighted by molar-refractivity contribution is -0.124. The highest BCUT2D eigenvalue weighted by Gasteiger charge is 2.63. The summed E-state index contributed by atoms with van der Waals surface area (Å²) in [6.45, 7) is 4.32. The van der Waals surface area contributed by atoms with Gasteiger partial charge in [0.05, 0.1) is 17.6 Å². The van der Waals surface area contributed by atoms with Gasteiger partial charge in [0.1, 0.15) is 0 Å². The van der Waals surface area contributed by atoms with Crippen molar-refractivity contribution >= 4 is 46.6 Å². The van der Waals surface area contributed by atoms with Gasteiger partial charge in [0.2, 0.25) is 10.8 Å². The van der Waals surface area contributed by atoms with Crippen molar-refractivity contribution in [2.45, 2.75) is 36.3 Å². The molecule has 6 rings (SSSR count). The number of thioether (sulfide) groups is 1. The summed E-state index contributed by atoms with van der Waals surface area (Å²) in [6.07, 6.45) is 3.33. The highest BCUT2D eigenvalue weighted by molar-refractivity contribution is 8.03. The first-order chi connectivity index (χ1) is 18.0. The zero-order chi connectivity index (χ0) is 25.6. The minimum absolute atomic E-state index is 0.0530. The Hall–Kier alpha value is -2.80. The molecular weight excluding hydrogens is 502 g/mol. The van der Waals surface area contributed by atoms with Crippen LogP contribution in [0, 0.1) is 5.92 Å². The fourth-order valence-electron chi connectivity index (χ4n) is 5.97. The number of amides is 2. The van der Waals surface area contributed by atoms with Gasteiger partial charge in [-0.2, -0.15) is 0 Å². The van der Waals surface area contributed by atoms with Crippen molar-refractivity contribution in [2.75, 3.05) is 29.6 Å². The number of fused-ring (bicyclic) bond motifs is 2. The lowest BCUT2D eigenvalue weighted by Gasteiger charge is -2.36. The zero-order valence-electron chi connectivity index (χ0n) is 20.8. The summed E-state index contributed by atoms with van der Waals surface area (Å²) >= 11 is 7.75. The first-order valence-electron chi connectivity index (χ1n) is 12.9. The number of carbonyl (C=O) groups is 2. The molecule has 2 atom stereocenters. The van der Waals surface area contributed by atoms with Crippen molar-refractivity contribution in [1.29, 1.82) is 0 Å². The molecule has 3 aliphatic rings. The van der Waals surface area contributed by atoms with Gasteiger partial charge in [-0.1, -0.05) is 66.2 Å². The number of hydrogen-bond donors (Lipinski definition) is 0. The lowest BCUT2D eigenvalue weighted by Crippen LogP contribution is -2.52. The van der Waals surface area contributed by atoms with Crippen LogP contribution >= 0.6 is 23.4 Å². The summed E-state index contributed by atoms with van der Waals surface area (Å²) in [5.74, 6) is 0.538. The van der Waals surface area contributed by atoms with Gasteiger partial charge in [-0.05, 0) is 61.9 Å².